The Hall–Kier alpha value is -4.21. The summed E-state index contributed by atoms with van der Waals surface area (Å²) in [6.07, 6.45) is 0.702. The summed E-state index contributed by atoms with van der Waals surface area (Å²) in [5, 5.41) is 0.103. The number of morpholine rings is 1. The average molecular weight is 559 g/mol. The van der Waals surface area contributed by atoms with Crippen LogP contribution < -0.4 is 14.9 Å². The quantitative estimate of drug-likeness (QED) is 0.292. The van der Waals surface area contributed by atoms with Crippen molar-refractivity contribution >= 4 is 16.9 Å². The molecular formula is C32H31FN2O6. The maximum absolute atomic E-state index is 14.1. The number of benzene rings is 3. The van der Waals surface area contributed by atoms with Gasteiger partial charge in [0.2, 0.25) is 5.76 Å². The van der Waals surface area contributed by atoms with E-state index >= 15 is 0 Å². The van der Waals surface area contributed by atoms with E-state index in [9.17, 15) is 14.0 Å². The van der Waals surface area contributed by atoms with Crippen LogP contribution in [-0.4, -0.2) is 62.2 Å². The minimum Gasteiger partial charge on any atom is -0.493 e. The number of rotatable bonds is 9. The topological polar surface area (TPSA) is 81.5 Å². The second kappa shape index (κ2) is 11.7. The molecule has 8 nitrogen and oxygen atoms in total. The Kier molecular flexibility index (Phi) is 7.71. The Morgan fingerprint density at radius 2 is 1.76 bits per heavy atom. The Labute approximate surface area is 236 Å². The molecule has 1 amide bonds. The molecule has 2 aliphatic rings. The molecule has 1 atom stereocenters. The zero-order chi connectivity index (χ0) is 28.3. The van der Waals surface area contributed by atoms with Crippen molar-refractivity contribution in [3.63, 3.8) is 0 Å². The number of carbonyl (C=O) groups excluding carboxylic acids is 1. The Morgan fingerprint density at radius 3 is 2.54 bits per heavy atom. The molecule has 2 aliphatic heterocycles. The molecular weight excluding hydrogens is 527 g/mol. The van der Waals surface area contributed by atoms with Crippen molar-refractivity contribution in [1.29, 1.82) is 0 Å². The molecule has 0 saturated carbocycles. The molecule has 6 rings (SSSR count). The van der Waals surface area contributed by atoms with Crippen LogP contribution in [0.15, 0.2) is 75.9 Å². The summed E-state index contributed by atoms with van der Waals surface area (Å²) in [6.45, 7) is 4.63. The van der Waals surface area contributed by atoms with Crippen molar-refractivity contribution in [3.8, 4) is 11.5 Å². The van der Waals surface area contributed by atoms with Gasteiger partial charge in [0.05, 0.1) is 37.3 Å². The molecule has 4 aromatic rings. The van der Waals surface area contributed by atoms with Crippen LogP contribution in [0, 0.1) is 5.82 Å². The molecule has 1 fully saturated rings. The maximum Gasteiger partial charge on any atom is 0.290 e. The van der Waals surface area contributed by atoms with E-state index in [0.29, 0.717) is 49.8 Å². The minimum absolute atomic E-state index is 0.00569. The molecule has 9 heteroatoms. The first-order chi connectivity index (χ1) is 20.0. The van der Waals surface area contributed by atoms with Crippen molar-refractivity contribution in [3.05, 3.63) is 105 Å². The molecule has 0 bridgehead atoms. The number of fused-ring (bicyclic) bond motifs is 2. The lowest BCUT2D eigenvalue weighted by molar-refractivity contribution is 0.0353. The van der Waals surface area contributed by atoms with Gasteiger partial charge in [-0.15, -0.1) is 0 Å². The van der Waals surface area contributed by atoms with Crippen LogP contribution in [0.4, 0.5) is 4.39 Å². The third kappa shape index (κ3) is 5.42. The molecule has 0 radical (unpaired) electrons. The van der Waals surface area contributed by atoms with Gasteiger partial charge in [-0.05, 0) is 47.9 Å². The van der Waals surface area contributed by atoms with Gasteiger partial charge in [0.15, 0.2) is 16.9 Å². The highest BCUT2D eigenvalue weighted by Crippen LogP contribution is 2.41. The monoisotopic (exact) mass is 558 g/mol. The van der Waals surface area contributed by atoms with Gasteiger partial charge in [0.1, 0.15) is 18.0 Å². The van der Waals surface area contributed by atoms with Crippen LogP contribution in [0.5, 0.6) is 11.5 Å². The lowest BCUT2D eigenvalue weighted by Gasteiger charge is -2.29. The average Bonchev–Trinajstić information content (AvgIpc) is 3.28. The fourth-order valence-corrected chi connectivity index (χ4v) is 5.57. The van der Waals surface area contributed by atoms with E-state index in [2.05, 4.69) is 4.90 Å². The molecule has 1 unspecified atom stereocenters. The number of halogens is 1. The predicted octanol–water partition coefficient (Wildman–Crippen LogP) is 4.79. The van der Waals surface area contributed by atoms with Gasteiger partial charge in [-0.25, -0.2) is 4.39 Å². The molecule has 212 valence electrons. The van der Waals surface area contributed by atoms with E-state index in [0.717, 1.165) is 31.3 Å². The van der Waals surface area contributed by atoms with Crippen LogP contribution in [-0.2, 0) is 11.3 Å². The highest BCUT2D eigenvalue weighted by atomic mass is 19.1. The van der Waals surface area contributed by atoms with Crippen LogP contribution >= 0.6 is 0 Å². The highest BCUT2D eigenvalue weighted by molar-refractivity contribution is 5.99. The van der Waals surface area contributed by atoms with Crippen molar-refractivity contribution in [2.24, 2.45) is 0 Å². The fraction of sp³-hybridized carbons (Fsp3) is 0.312. The van der Waals surface area contributed by atoms with E-state index in [-0.39, 0.29) is 28.2 Å². The first-order valence-electron chi connectivity index (χ1n) is 13.8. The number of hydrogen-bond acceptors (Lipinski definition) is 7. The van der Waals surface area contributed by atoms with Gasteiger partial charge in [-0.3, -0.25) is 14.5 Å². The summed E-state index contributed by atoms with van der Waals surface area (Å²) in [4.78, 5) is 31.5. The largest absolute Gasteiger partial charge is 0.493 e. The molecule has 0 N–H and O–H groups in total. The number of ether oxygens (including phenoxy) is 3. The van der Waals surface area contributed by atoms with Gasteiger partial charge in [0, 0.05) is 26.2 Å². The van der Waals surface area contributed by atoms with Gasteiger partial charge in [0.25, 0.3) is 5.91 Å². The fourth-order valence-electron chi connectivity index (χ4n) is 5.57. The second-order valence-corrected chi connectivity index (χ2v) is 10.2. The van der Waals surface area contributed by atoms with Gasteiger partial charge in [-0.2, -0.15) is 0 Å². The summed E-state index contributed by atoms with van der Waals surface area (Å²) < 4.78 is 37.2. The third-order valence-corrected chi connectivity index (χ3v) is 7.65. The normalized spacial score (nSPS) is 17.2. The number of nitrogens with zero attached hydrogens (tertiary/aromatic N) is 2. The van der Waals surface area contributed by atoms with Gasteiger partial charge in [-0.1, -0.05) is 36.4 Å². The summed E-state index contributed by atoms with van der Waals surface area (Å²) in [5.41, 5.74) is 1.66. The number of carbonyl (C=O) groups is 1. The summed E-state index contributed by atoms with van der Waals surface area (Å²) in [7, 11) is 1.55. The zero-order valence-corrected chi connectivity index (χ0v) is 22.8. The lowest BCUT2D eigenvalue weighted by Crippen LogP contribution is -2.38. The lowest BCUT2D eigenvalue weighted by atomic mass is 9.98. The van der Waals surface area contributed by atoms with E-state index < -0.39 is 17.3 Å². The molecule has 3 heterocycles. The minimum atomic E-state index is -0.719. The summed E-state index contributed by atoms with van der Waals surface area (Å²) >= 11 is 0. The van der Waals surface area contributed by atoms with Crippen molar-refractivity contribution in [2.75, 3.05) is 46.5 Å². The van der Waals surface area contributed by atoms with E-state index in [1.54, 1.807) is 24.1 Å². The van der Waals surface area contributed by atoms with Crippen LogP contribution in [0.1, 0.15) is 39.7 Å². The molecule has 3 aromatic carbocycles. The van der Waals surface area contributed by atoms with Crippen LogP contribution in [0.25, 0.3) is 11.0 Å². The predicted molar refractivity (Wildman–Crippen MR) is 151 cm³/mol. The van der Waals surface area contributed by atoms with Crippen molar-refractivity contribution < 1.29 is 27.8 Å². The molecule has 1 aromatic heterocycles. The SMILES string of the molecule is COc1cc(C2c3c(oc4ccc(F)cc4c3=O)C(=O)N2CCCN2CCOCC2)ccc1OCc1ccccc1. The van der Waals surface area contributed by atoms with Gasteiger partial charge < -0.3 is 23.5 Å². The first kappa shape index (κ1) is 27.0. The highest BCUT2D eigenvalue weighted by Gasteiger charge is 2.42. The van der Waals surface area contributed by atoms with Crippen LogP contribution in [0.3, 0.4) is 0 Å². The molecule has 1 saturated heterocycles. The smallest absolute Gasteiger partial charge is 0.290 e. The van der Waals surface area contributed by atoms with Crippen LogP contribution in [0.2, 0.25) is 0 Å². The summed E-state index contributed by atoms with van der Waals surface area (Å²) in [5.74, 6) is 0.0991. The molecule has 0 aliphatic carbocycles. The zero-order valence-electron chi connectivity index (χ0n) is 22.8. The van der Waals surface area contributed by atoms with Crippen molar-refractivity contribution in [1.82, 2.24) is 9.80 Å². The standard InChI is InChI=1S/C32H31FN2O6/c1-38-27-18-22(8-10-26(27)40-20-21-6-3-2-4-7-21)29-28-30(36)24-19-23(33)9-11-25(24)41-31(28)32(37)35(29)13-5-12-34-14-16-39-17-15-34/h2-4,6-11,18-19,29H,5,12-17,20H2,1H3. The van der Waals surface area contributed by atoms with Crippen molar-refractivity contribution in [2.45, 2.75) is 19.1 Å². The number of amides is 1. The third-order valence-electron chi connectivity index (χ3n) is 7.65. The first-order valence-corrected chi connectivity index (χ1v) is 13.8. The number of hydrogen-bond donors (Lipinski definition) is 0. The summed E-state index contributed by atoms with van der Waals surface area (Å²) in [6, 6.07) is 18.2. The Balaban J connectivity index is 1.35. The van der Waals surface area contributed by atoms with E-state index in [1.807, 2.05) is 36.4 Å². The number of methoxy groups -OCH3 is 1. The van der Waals surface area contributed by atoms with E-state index in [4.69, 9.17) is 18.6 Å². The Morgan fingerprint density at radius 1 is 0.951 bits per heavy atom. The Bertz CT molecular complexity index is 1620. The van der Waals surface area contributed by atoms with E-state index in [1.165, 1.54) is 12.1 Å². The molecule has 0 spiro atoms. The second-order valence-electron chi connectivity index (χ2n) is 10.2. The maximum atomic E-state index is 14.1. The van der Waals surface area contributed by atoms with Gasteiger partial charge >= 0.3 is 0 Å². The molecule has 41 heavy (non-hydrogen) atoms.